The van der Waals surface area contributed by atoms with Crippen LogP contribution in [0.25, 0.3) is 0 Å². The average Bonchev–Trinajstić information content (AvgIpc) is 2.48. The van der Waals surface area contributed by atoms with E-state index in [0.29, 0.717) is 6.04 Å². The number of nitrogens with zero attached hydrogens (tertiary/aromatic N) is 2. The molecule has 1 unspecified atom stereocenters. The molecule has 2 rings (SSSR count). The van der Waals surface area contributed by atoms with E-state index in [1.807, 2.05) is 19.2 Å². The first-order valence-electron chi connectivity index (χ1n) is 7.63. The van der Waals surface area contributed by atoms with Crippen molar-refractivity contribution in [2.75, 3.05) is 44.7 Å². The number of hydrogen-bond donors (Lipinski definition) is 1. The van der Waals surface area contributed by atoms with E-state index in [1.54, 1.807) is 0 Å². The van der Waals surface area contributed by atoms with Crippen molar-refractivity contribution in [3.63, 3.8) is 0 Å². The van der Waals surface area contributed by atoms with Crippen molar-refractivity contribution in [3.05, 3.63) is 29.3 Å². The molecule has 1 aliphatic rings. The van der Waals surface area contributed by atoms with Crippen LogP contribution in [-0.4, -0.2) is 50.7 Å². The number of hydrogen-bond acceptors (Lipinski definition) is 3. The second kappa shape index (κ2) is 7.87. The quantitative estimate of drug-likeness (QED) is 0.871. The Morgan fingerprint density at radius 1 is 1.15 bits per heavy atom. The molecule has 4 heteroatoms. The van der Waals surface area contributed by atoms with Gasteiger partial charge in [0.2, 0.25) is 0 Å². The van der Waals surface area contributed by atoms with Gasteiger partial charge in [-0.3, -0.25) is 4.90 Å². The van der Waals surface area contributed by atoms with Crippen LogP contribution in [0.3, 0.4) is 0 Å². The molecule has 3 nitrogen and oxygen atoms in total. The van der Waals surface area contributed by atoms with E-state index in [0.717, 1.165) is 37.7 Å². The Kier molecular flexibility index (Phi) is 6.14. The van der Waals surface area contributed by atoms with Gasteiger partial charge in [0, 0.05) is 49.5 Å². The van der Waals surface area contributed by atoms with E-state index in [-0.39, 0.29) is 0 Å². The molecule has 0 amide bonds. The standard InChI is InChI=1S/C16H26ClN3/c1-3-4-16(13-18-2)20-11-9-19(10-12-20)15-7-5-14(17)6-8-15/h5-8,16,18H,3-4,9-13H2,1-2H3. The second-order valence-electron chi connectivity index (χ2n) is 5.50. The minimum atomic E-state index is 0.678. The molecule has 20 heavy (non-hydrogen) atoms. The first kappa shape index (κ1) is 15.6. The maximum atomic E-state index is 5.95. The lowest BCUT2D eigenvalue weighted by atomic mass is 10.1. The van der Waals surface area contributed by atoms with Gasteiger partial charge in [0.05, 0.1) is 0 Å². The van der Waals surface area contributed by atoms with Crippen LogP contribution in [-0.2, 0) is 0 Å². The third kappa shape index (κ3) is 4.11. The van der Waals surface area contributed by atoms with Crippen LogP contribution in [0.1, 0.15) is 19.8 Å². The van der Waals surface area contributed by atoms with E-state index in [4.69, 9.17) is 11.6 Å². The van der Waals surface area contributed by atoms with Crippen molar-refractivity contribution >= 4 is 17.3 Å². The van der Waals surface area contributed by atoms with Crippen molar-refractivity contribution in [3.8, 4) is 0 Å². The summed E-state index contributed by atoms with van der Waals surface area (Å²) < 4.78 is 0. The fourth-order valence-corrected chi connectivity index (χ4v) is 3.11. The predicted octanol–water partition coefficient (Wildman–Crippen LogP) is 2.85. The number of rotatable bonds is 6. The van der Waals surface area contributed by atoms with Gasteiger partial charge in [-0.25, -0.2) is 0 Å². The minimum Gasteiger partial charge on any atom is -0.369 e. The fraction of sp³-hybridized carbons (Fsp3) is 0.625. The Morgan fingerprint density at radius 3 is 2.35 bits per heavy atom. The van der Waals surface area contributed by atoms with Crippen molar-refractivity contribution in [1.29, 1.82) is 0 Å². The second-order valence-corrected chi connectivity index (χ2v) is 5.94. The summed E-state index contributed by atoms with van der Waals surface area (Å²) in [5.41, 5.74) is 1.29. The zero-order valence-corrected chi connectivity index (χ0v) is 13.4. The molecule has 0 bridgehead atoms. The molecule has 0 radical (unpaired) electrons. The summed E-state index contributed by atoms with van der Waals surface area (Å²) in [6.07, 6.45) is 2.53. The van der Waals surface area contributed by atoms with Crippen LogP contribution in [0.5, 0.6) is 0 Å². The maximum absolute atomic E-state index is 5.95. The van der Waals surface area contributed by atoms with Gasteiger partial charge >= 0.3 is 0 Å². The van der Waals surface area contributed by atoms with Crippen LogP contribution >= 0.6 is 11.6 Å². The molecule has 1 atom stereocenters. The van der Waals surface area contributed by atoms with Crippen LogP contribution in [0.15, 0.2) is 24.3 Å². The van der Waals surface area contributed by atoms with E-state index in [1.165, 1.54) is 18.5 Å². The molecule has 1 N–H and O–H groups in total. The van der Waals surface area contributed by atoms with E-state index < -0.39 is 0 Å². The Labute approximate surface area is 127 Å². The zero-order valence-electron chi connectivity index (χ0n) is 12.6. The number of anilines is 1. The first-order valence-corrected chi connectivity index (χ1v) is 8.01. The van der Waals surface area contributed by atoms with Crippen molar-refractivity contribution in [2.24, 2.45) is 0 Å². The normalized spacial score (nSPS) is 18.2. The molecule has 1 saturated heterocycles. The Morgan fingerprint density at radius 2 is 1.80 bits per heavy atom. The molecule has 1 heterocycles. The fourth-order valence-electron chi connectivity index (χ4n) is 2.98. The van der Waals surface area contributed by atoms with Gasteiger partial charge in [0.15, 0.2) is 0 Å². The molecular weight excluding hydrogens is 270 g/mol. The molecule has 1 aromatic carbocycles. The summed E-state index contributed by atoms with van der Waals surface area (Å²) in [7, 11) is 2.05. The highest BCUT2D eigenvalue weighted by Crippen LogP contribution is 2.20. The van der Waals surface area contributed by atoms with Crippen molar-refractivity contribution < 1.29 is 0 Å². The lowest BCUT2D eigenvalue weighted by Gasteiger charge is -2.40. The summed E-state index contributed by atoms with van der Waals surface area (Å²) >= 11 is 5.95. The van der Waals surface area contributed by atoms with Gasteiger partial charge in [-0.1, -0.05) is 24.9 Å². The minimum absolute atomic E-state index is 0.678. The lowest BCUT2D eigenvalue weighted by molar-refractivity contribution is 0.173. The zero-order chi connectivity index (χ0) is 14.4. The molecule has 112 valence electrons. The van der Waals surface area contributed by atoms with Crippen molar-refractivity contribution in [1.82, 2.24) is 10.2 Å². The van der Waals surface area contributed by atoms with E-state index in [2.05, 4.69) is 34.2 Å². The summed E-state index contributed by atoms with van der Waals surface area (Å²) in [5, 5.41) is 4.14. The number of halogens is 1. The van der Waals surface area contributed by atoms with Gasteiger partial charge in [0.25, 0.3) is 0 Å². The molecular formula is C16H26ClN3. The van der Waals surface area contributed by atoms with Crippen molar-refractivity contribution in [2.45, 2.75) is 25.8 Å². The summed E-state index contributed by atoms with van der Waals surface area (Å²) in [5.74, 6) is 0. The number of likely N-dealkylation sites (N-methyl/N-ethyl adjacent to an activating group) is 1. The molecule has 1 aliphatic heterocycles. The monoisotopic (exact) mass is 295 g/mol. The summed E-state index contributed by atoms with van der Waals surface area (Å²) in [6.45, 7) is 7.86. The van der Waals surface area contributed by atoms with Gasteiger partial charge < -0.3 is 10.2 Å². The highest BCUT2D eigenvalue weighted by atomic mass is 35.5. The topological polar surface area (TPSA) is 18.5 Å². The lowest BCUT2D eigenvalue weighted by Crippen LogP contribution is -2.52. The van der Waals surface area contributed by atoms with Crippen LogP contribution in [0, 0.1) is 0 Å². The maximum Gasteiger partial charge on any atom is 0.0407 e. The molecule has 0 spiro atoms. The van der Waals surface area contributed by atoms with Gasteiger partial charge in [0.1, 0.15) is 0 Å². The van der Waals surface area contributed by atoms with Crippen LogP contribution < -0.4 is 10.2 Å². The third-order valence-electron chi connectivity index (χ3n) is 4.08. The van der Waals surface area contributed by atoms with Crippen LogP contribution in [0.2, 0.25) is 5.02 Å². The van der Waals surface area contributed by atoms with E-state index >= 15 is 0 Å². The Bertz CT molecular complexity index is 379. The largest absolute Gasteiger partial charge is 0.369 e. The highest BCUT2D eigenvalue weighted by molar-refractivity contribution is 6.30. The predicted molar refractivity (Wildman–Crippen MR) is 87.9 cm³/mol. The third-order valence-corrected chi connectivity index (χ3v) is 4.34. The SMILES string of the molecule is CCCC(CNC)N1CCN(c2ccc(Cl)cc2)CC1. The molecule has 1 fully saturated rings. The van der Waals surface area contributed by atoms with Gasteiger partial charge in [-0.15, -0.1) is 0 Å². The van der Waals surface area contributed by atoms with Gasteiger partial charge in [-0.2, -0.15) is 0 Å². The number of nitrogens with one attached hydrogen (secondary N) is 1. The summed E-state index contributed by atoms with van der Waals surface area (Å²) in [6, 6.07) is 8.87. The van der Waals surface area contributed by atoms with Gasteiger partial charge in [-0.05, 0) is 37.7 Å². The average molecular weight is 296 g/mol. The smallest absolute Gasteiger partial charge is 0.0407 e. The highest BCUT2D eigenvalue weighted by Gasteiger charge is 2.22. The number of benzene rings is 1. The molecule has 0 aromatic heterocycles. The molecule has 1 aromatic rings. The number of piperazine rings is 1. The Hall–Kier alpha value is -0.770. The van der Waals surface area contributed by atoms with Crippen LogP contribution in [0.4, 0.5) is 5.69 Å². The molecule has 0 aliphatic carbocycles. The van der Waals surface area contributed by atoms with E-state index in [9.17, 15) is 0 Å². The summed E-state index contributed by atoms with van der Waals surface area (Å²) in [4.78, 5) is 5.08. The first-order chi connectivity index (χ1) is 9.74. The molecule has 0 saturated carbocycles. The Balaban J connectivity index is 1.89.